The van der Waals surface area contributed by atoms with Crippen molar-refractivity contribution in [3.05, 3.63) is 187 Å². The molecule has 2 N–H and O–H groups in total. The van der Waals surface area contributed by atoms with Gasteiger partial charge in [-0.25, -0.2) is 0 Å². The van der Waals surface area contributed by atoms with Crippen molar-refractivity contribution in [2.24, 2.45) is 0 Å². The Bertz CT molecular complexity index is 2370. The highest BCUT2D eigenvalue weighted by Gasteiger charge is 2.25. The number of phenolic OH excluding ortho intramolecular Hbond substituents is 2. The van der Waals surface area contributed by atoms with Gasteiger partial charge < -0.3 is 10.2 Å². The lowest BCUT2D eigenvalue weighted by atomic mass is 9.79. The third kappa shape index (κ3) is 12.7. The van der Waals surface area contributed by atoms with Crippen molar-refractivity contribution in [3.63, 3.8) is 0 Å². The van der Waals surface area contributed by atoms with Crippen LogP contribution in [0.4, 0.5) is 0 Å². The Morgan fingerprint density at radius 1 is 0.338 bits per heavy atom. The molecule has 2 aromatic heterocycles. The molecule has 4 heteroatoms. The zero-order valence-corrected chi connectivity index (χ0v) is 43.9. The van der Waals surface area contributed by atoms with Crippen LogP contribution < -0.4 is 0 Å². The Labute approximate surface area is 411 Å². The standard InChI is InChI=1S/C64H82N2O2/c1-61(2,3)53-35-45-17-13-21-49-39-55(63(7,8)9)41-51(59(49)67)23-15-19-47-37-54(62(4,5)6)38-48(58(47)34-44-27-31-66-32-28-44)20-16-24-52-42-56(64(10,11)12)40-50(60(52)68)22-14-18-46(36-53)57(45)33-43-25-29-65-30-26-43/h25-32,35-42,67-68H,13-24,33-34H2,1-12H3. The van der Waals surface area contributed by atoms with Crippen LogP contribution in [0.2, 0.25) is 0 Å². The molecule has 2 heterocycles. The highest BCUT2D eigenvalue weighted by atomic mass is 16.3. The molecule has 4 aromatic carbocycles. The highest BCUT2D eigenvalue weighted by Crippen LogP contribution is 2.38. The van der Waals surface area contributed by atoms with Crippen molar-refractivity contribution in [1.82, 2.24) is 9.97 Å². The fourth-order valence-corrected chi connectivity index (χ4v) is 10.2. The lowest BCUT2D eigenvalue weighted by Gasteiger charge is -2.26. The first-order chi connectivity index (χ1) is 32.0. The molecule has 0 saturated heterocycles. The SMILES string of the molecule is CC(C)(C)c1cc2c(O)c(c1)CCCc1cc(C(C)(C)C)cc(c1Cc1ccncc1)CCCc1cc(C(C)(C)C)cc(c1O)CCCc1cc(C(C)(C)C)cc(c1Cc1ccncc1)CCC2. The number of fused-ring (bicyclic) bond motifs is 8. The summed E-state index contributed by atoms with van der Waals surface area (Å²) >= 11 is 0. The van der Waals surface area contributed by atoms with Gasteiger partial charge in [-0.2, -0.15) is 0 Å². The summed E-state index contributed by atoms with van der Waals surface area (Å²) in [5.74, 6) is 0.964. The van der Waals surface area contributed by atoms with Gasteiger partial charge in [-0.1, -0.05) is 132 Å². The number of pyridine rings is 2. The molecule has 360 valence electrons. The highest BCUT2D eigenvalue weighted by molar-refractivity contribution is 5.50. The van der Waals surface area contributed by atoms with E-state index in [-0.39, 0.29) is 21.7 Å². The summed E-state index contributed by atoms with van der Waals surface area (Å²) in [5.41, 5.74) is 20.4. The minimum Gasteiger partial charge on any atom is -0.507 e. The first kappa shape index (κ1) is 50.7. The van der Waals surface area contributed by atoms with Crippen LogP contribution in [0.3, 0.4) is 0 Å². The smallest absolute Gasteiger partial charge is 0.121 e. The van der Waals surface area contributed by atoms with Crippen LogP contribution in [0.1, 0.15) is 198 Å². The summed E-state index contributed by atoms with van der Waals surface area (Å²) in [4.78, 5) is 8.71. The summed E-state index contributed by atoms with van der Waals surface area (Å²) in [6.07, 6.45) is 20.1. The Balaban J connectivity index is 1.35. The maximum Gasteiger partial charge on any atom is 0.121 e. The van der Waals surface area contributed by atoms with Crippen LogP contribution in [0.25, 0.3) is 0 Å². The average molecular weight is 911 g/mol. The molecule has 1 aliphatic rings. The summed E-state index contributed by atoms with van der Waals surface area (Å²) in [7, 11) is 0. The molecule has 0 unspecified atom stereocenters. The molecule has 8 bridgehead atoms. The van der Waals surface area contributed by atoms with E-state index in [2.05, 4.69) is 166 Å². The van der Waals surface area contributed by atoms with Crippen molar-refractivity contribution >= 4 is 0 Å². The number of hydrogen-bond donors (Lipinski definition) is 2. The molecule has 0 amide bonds. The molecule has 0 saturated carbocycles. The number of rotatable bonds is 4. The van der Waals surface area contributed by atoms with Crippen LogP contribution in [0, 0.1) is 0 Å². The molecule has 1 aliphatic carbocycles. The summed E-state index contributed by atoms with van der Waals surface area (Å²) in [6, 6.07) is 27.7. The van der Waals surface area contributed by atoms with Gasteiger partial charge in [0.2, 0.25) is 0 Å². The van der Waals surface area contributed by atoms with Crippen LogP contribution in [-0.4, -0.2) is 20.2 Å². The van der Waals surface area contributed by atoms with Crippen molar-refractivity contribution in [2.45, 2.75) is 195 Å². The van der Waals surface area contributed by atoms with Gasteiger partial charge in [-0.3, -0.25) is 9.97 Å². The maximum absolute atomic E-state index is 12.2. The van der Waals surface area contributed by atoms with Crippen molar-refractivity contribution < 1.29 is 10.2 Å². The van der Waals surface area contributed by atoms with Crippen LogP contribution in [-0.2, 0) is 85.9 Å². The lowest BCUT2D eigenvalue weighted by molar-refractivity contribution is 0.456. The van der Waals surface area contributed by atoms with E-state index in [4.69, 9.17) is 0 Å². The maximum atomic E-state index is 12.2. The van der Waals surface area contributed by atoms with Crippen molar-refractivity contribution in [1.29, 1.82) is 0 Å². The van der Waals surface area contributed by atoms with E-state index in [1.165, 1.54) is 66.8 Å². The number of nitrogens with zero attached hydrogens (tertiary/aromatic N) is 2. The molecule has 0 fully saturated rings. The van der Waals surface area contributed by atoms with E-state index < -0.39 is 0 Å². The van der Waals surface area contributed by atoms with Gasteiger partial charge in [0, 0.05) is 24.8 Å². The van der Waals surface area contributed by atoms with Gasteiger partial charge in [0.25, 0.3) is 0 Å². The molecule has 0 spiro atoms. The molecule has 68 heavy (non-hydrogen) atoms. The summed E-state index contributed by atoms with van der Waals surface area (Å²) in [5, 5.41) is 24.4. The Hall–Kier alpha value is -5.22. The van der Waals surface area contributed by atoms with Gasteiger partial charge in [0.15, 0.2) is 0 Å². The second-order valence-corrected chi connectivity index (χ2v) is 24.3. The second-order valence-electron chi connectivity index (χ2n) is 24.3. The number of aromatic nitrogens is 2. The third-order valence-electron chi connectivity index (χ3n) is 14.7. The fraction of sp³-hybridized carbons (Fsp3) is 0.469. The van der Waals surface area contributed by atoms with E-state index in [9.17, 15) is 10.2 Å². The number of phenols is 2. The Morgan fingerprint density at radius 3 is 0.765 bits per heavy atom. The molecular formula is C64H82N2O2. The predicted molar refractivity (Wildman–Crippen MR) is 286 cm³/mol. The fourth-order valence-electron chi connectivity index (χ4n) is 10.2. The van der Waals surface area contributed by atoms with Gasteiger partial charge in [0.05, 0.1) is 0 Å². The molecular weight excluding hydrogens is 829 g/mol. The van der Waals surface area contributed by atoms with E-state index in [1.807, 2.05) is 24.8 Å². The summed E-state index contributed by atoms with van der Waals surface area (Å²) < 4.78 is 0. The summed E-state index contributed by atoms with van der Waals surface area (Å²) in [6.45, 7) is 27.7. The number of aromatic hydroxyl groups is 2. The van der Waals surface area contributed by atoms with Gasteiger partial charge in [-0.15, -0.1) is 0 Å². The normalized spacial score (nSPS) is 14.9. The Morgan fingerprint density at radius 2 is 0.544 bits per heavy atom. The first-order valence-electron chi connectivity index (χ1n) is 25.8. The molecule has 0 atom stereocenters. The van der Waals surface area contributed by atoms with Gasteiger partial charge >= 0.3 is 0 Å². The Kier molecular flexibility index (Phi) is 15.5. The minimum absolute atomic E-state index is 0.0157. The zero-order chi connectivity index (χ0) is 49.0. The van der Waals surface area contributed by atoms with Crippen LogP contribution in [0.5, 0.6) is 11.5 Å². The molecule has 6 aromatic rings. The van der Waals surface area contributed by atoms with Crippen molar-refractivity contribution in [3.8, 4) is 11.5 Å². The third-order valence-corrected chi connectivity index (χ3v) is 14.7. The molecule has 7 rings (SSSR count). The lowest BCUT2D eigenvalue weighted by Crippen LogP contribution is -2.15. The quantitative estimate of drug-likeness (QED) is 0.185. The molecule has 0 radical (unpaired) electrons. The molecule has 0 aliphatic heterocycles. The predicted octanol–water partition coefficient (Wildman–Crippen LogP) is 15.3. The average Bonchev–Trinajstić information content (AvgIpc) is 3.26. The minimum atomic E-state index is -0.0491. The topological polar surface area (TPSA) is 66.2 Å². The number of aryl methyl sites for hydroxylation is 8. The second kappa shape index (κ2) is 20.8. The largest absolute Gasteiger partial charge is 0.507 e. The van der Waals surface area contributed by atoms with Gasteiger partial charge in [-0.05, 0) is 225 Å². The van der Waals surface area contributed by atoms with Gasteiger partial charge in [0.1, 0.15) is 11.5 Å². The van der Waals surface area contributed by atoms with E-state index >= 15 is 0 Å². The monoisotopic (exact) mass is 911 g/mol. The van der Waals surface area contributed by atoms with Crippen molar-refractivity contribution in [2.75, 3.05) is 0 Å². The van der Waals surface area contributed by atoms with Crippen LogP contribution >= 0.6 is 0 Å². The number of benzene rings is 4. The zero-order valence-electron chi connectivity index (χ0n) is 43.9. The van der Waals surface area contributed by atoms with E-state index in [0.717, 1.165) is 112 Å². The van der Waals surface area contributed by atoms with E-state index in [1.54, 1.807) is 0 Å². The number of hydrogen-bond acceptors (Lipinski definition) is 4. The molecule has 4 nitrogen and oxygen atoms in total. The van der Waals surface area contributed by atoms with E-state index in [0.29, 0.717) is 11.5 Å². The van der Waals surface area contributed by atoms with Crippen LogP contribution in [0.15, 0.2) is 97.6 Å². The first-order valence-corrected chi connectivity index (χ1v) is 25.8.